The standard InChI is InChI=1S/C16H30N3O3P/c1-12(2)19(13(3)4)23(21-9-7-8-17)22-16-10-14(5)18(11-16)15(6)20/h12-14,16H,7,9-11H2,1-6H3/t14-,16-,23?/m1/s1/i5D. The molecule has 0 aromatic rings. The quantitative estimate of drug-likeness (QED) is 0.499. The molecule has 1 aliphatic heterocycles. The van der Waals surface area contributed by atoms with Crippen molar-refractivity contribution < 1.29 is 15.2 Å². The zero-order chi connectivity index (χ0) is 18.3. The highest BCUT2D eigenvalue weighted by atomic mass is 31.2. The fourth-order valence-electron chi connectivity index (χ4n) is 2.76. The Bertz CT molecular complexity index is 437. The van der Waals surface area contributed by atoms with Gasteiger partial charge in [-0.2, -0.15) is 5.26 Å². The molecule has 1 aliphatic rings. The van der Waals surface area contributed by atoms with Crippen molar-refractivity contribution in [1.82, 2.24) is 9.57 Å². The molecule has 6 nitrogen and oxygen atoms in total. The number of nitriles is 1. The Morgan fingerprint density at radius 1 is 1.48 bits per heavy atom. The van der Waals surface area contributed by atoms with Crippen molar-refractivity contribution in [2.75, 3.05) is 13.2 Å². The largest absolute Gasteiger partial charge is 0.338 e. The van der Waals surface area contributed by atoms with Crippen LogP contribution in [-0.2, 0) is 13.8 Å². The number of carbonyl (C=O) groups is 1. The van der Waals surface area contributed by atoms with E-state index in [4.69, 9.17) is 15.7 Å². The van der Waals surface area contributed by atoms with Crippen LogP contribution in [0.3, 0.4) is 0 Å². The number of hydrogen-bond acceptors (Lipinski definition) is 5. The summed E-state index contributed by atoms with van der Waals surface area (Å²) in [4.78, 5) is 13.4. The molecular weight excluding hydrogens is 313 g/mol. The predicted molar refractivity (Wildman–Crippen MR) is 91.6 cm³/mol. The van der Waals surface area contributed by atoms with Crippen molar-refractivity contribution >= 4 is 14.4 Å². The van der Waals surface area contributed by atoms with Crippen LogP contribution in [0.2, 0.25) is 0 Å². The Hall–Kier alpha value is -0.730. The van der Waals surface area contributed by atoms with Crippen LogP contribution in [0.25, 0.3) is 0 Å². The van der Waals surface area contributed by atoms with E-state index in [1.54, 1.807) is 4.90 Å². The van der Waals surface area contributed by atoms with Gasteiger partial charge in [-0.3, -0.25) is 4.79 Å². The van der Waals surface area contributed by atoms with Crippen LogP contribution in [0, 0.1) is 11.3 Å². The lowest BCUT2D eigenvalue weighted by Gasteiger charge is -2.36. The van der Waals surface area contributed by atoms with Gasteiger partial charge in [0.1, 0.15) is 0 Å². The SMILES string of the molecule is [2H]C[C@@H]1C[C@@H](OP(OCCC#N)N(C(C)C)C(C)C)CN1C(C)=O. The summed E-state index contributed by atoms with van der Waals surface area (Å²) < 4.78 is 21.9. The van der Waals surface area contributed by atoms with Crippen molar-refractivity contribution in [1.29, 1.82) is 5.26 Å². The van der Waals surface area contributed by atoms with Crippen LogP contribution in [0.1, 0.15) is 55.7 Å². The Kier molecular flexibility index (Phi) is 7.72. The monoisotopic (exact) mass is 344 g/mol. The van der Waals surface area contributed by atoms with Gasteiger partial charge in [0.15, 0.2) is 0 Å². The Morgan fingerprint density at radius 2 is 2.13 bits per heavy atom. The van der Waals surface area contributed by atoms with Crippen LogP contribution < -0.4 is 0 Å². The molecule has 0 bridgehead atoms. The van der Waals surface area contributed by atoms with Crippen molar-refractivity contribution in [2.45, 2.75) is 78.6 Å². The van der Waals surface area contributed by atoms with Crippen molar-refractivity contribution in [2.24, 2.45) is 0 Å². The van der Waals surface area contributed by atoms with Gasteiger partial charge in [-0.05, 0) is 41.0 Å². The number of amides is 1. The molecule has 0 aromatic carbocycles. The number of likely N-dealkylation sites (tertiary alicyclic amines) is 1. The topological polar surface area (TPSA) is 65.8 Å². The van der Waals surface area contributed by atoms with Gasteiger partial charge in [0.25, 0.3) is 8.53 Å². The zero-order valence-corrected chi connectivity index (χ0v) is 15.8. The first kappa shape index (κ1) is 18.6. The van der Waals surface area contributed by atoms with Gasteiger partial charge >= 0.3 is 0 Å². The highest BCUT2D eigenvalue weighted by molar-refractivity contribution is 7.44. The Balaban J connectivity index is 2.80. The van der Waals surface area contributed by atoms with E-state index >= 15 is 0 Å². The molecule has 1 saturated heterocycles. The van der Waals surface area contributed by atoms with Crippen molar-refractivity contribution in [3.8, 4) is 6.07 Å². The van der Waals surface area contributed by atoms with E-state index in [1.807, 2.05) is 0 Å². The van der Waals surface area contributed by atoms with E-state index in [0.717, 1.165) is 0 Å². The number of carbonyl (C=O) groups excluding carboxylic acids is 1. The molecule has 0 spiro atoms. The average Bonchev–Trinajstić information content (AvgIpc) is 2.89. The minimum absolute atomic E-state index is 0.0161. The number of nitrogens with zero attached hydrogens (tertiary/aromatic N) is 3. The molecule has 0 aromatic heterocycles. The van der Waals surface area contributed by atoms with Gasteiger partial charge in [-0.25, -0.2) is 4.67 Å². The van der Waals surface area contributed by atoms with Gasteiger partial charge in [0.05, 0.1) is 25.2 Å². The van der Waals surface area contributed by atoms with E-state index in [0.29, 0.717) is 26.0 Å². The summed E-state index contributed by atoms with van der Waals surface area (Å²) in [5.41, 5.74) is 0. The van der Waals surface area contributed by atoms with E-state index in [1.165, 1.54) is 6.92 Å². The zero-order valence-electron chi connectivity index (χ0n) is 15.9. The summed E-state index contributed by atoms with van der Waals surface area (Å²) >= 11 is 0. The van der Waals surface area contributed by atoms with E-state index < -0.39 is 8.53 Å². The average molecular weight is 344 g/mol. The van der Waals surface area contributed by atoms with Gasteiger partial charge < -0.3 is 13.9 Å². The molecule has 1 amide bonds. The molecule has 0 N–H and O–H groups in total. The smallest absolute Gasteiger partial charge is 0.259 e. The van der Waals surface area contributed by atoms with Gasteiger partial charge in [0.2, 0.25) is 5.91 Å². The fourth-order valence-corrected chi connectivity index (χ4v) is 4.47. The molecule has 3 atom stereocenters. The minimum Gasteiger partial charge on any atom is -0.338 e. The van der Waals surface area contributed by atoms with E-state index in [2.05, 4.69) is 38.4 Å². The molecule has 0 aliphatic carbocycles. The van der Waals surface area contributed by atoms with Gasteiger partial charge in [0, 0.05) is 33.0 Å². The molecule has 0 radical (unpaired) electrons. The molecule has 0 saturated carbocycles. The van der Waals surface area contributed by atoms with Crippen LogP contribution >= 0.6 is 8.53 Å². The molecular formula is C16H30N3O3P. The first-order valence-corrected chi connectivity index (χ1v) is 9.26. The number of rotatable bonds is 8. The van der Waals surface area contributed by atoms with E-state index in [9.17, 15) is 4.79 Å². The van der Waals surface area contributed by atoms with E-state index in [-0.39, 0.29) is 37.0 Å². The molecule has 132 valence electrons. The fraction of sp³-hybridized carbons (Fsp3) is 0.875. The molecule has 23 heavy (non-hydrogen) atoms. The third kappa shape index (κ3) is 6.00. The lowest BCUT2D eigenvalue weighted by Crippen LogP contribution is -2.35. The summed E-state index contributed by atoms with van der Waals surface area (Å²) in [6.45, 7) is 10.9. The van der Waals surface area contributed by atoms with Crippen molar-refractivity contribution in [3.63, 3.8) is 0 Å². The Morgan fingerprint density at radius 3 is 2.57 bits per heavy atom. The number of hydrogen-bond donors (Lipinski definition) is 0. The summed E-state index contributed by atoms with van der Waals surface area (Å²) in [5.74, 6) is -0.0161. The molecule has 1 unspecified atom stereocenters. The maximum Gasteiger partial charge on any atom is 0.259 e. The lowest BCUT2D eigenvalue weighted by atomic mass is 10.2. The maximum absolute atomic E-state index is 11.7. The summed E-state index contributed by atoms with van der Waals surface area (Å²) in [6.07, 6.45) is 0.858. The highest BCUT2D eigenvalue weighted by Gasteiger charge is 2.36. The van der Waals surface area contributed by atoms with Crippen molar-refractivity contribution in [3.05, 3.63) is 0 Å². The third-order valence-electron chi connectivity index (χ3n) is 3.68. The lowest BCUT2D eigenvalue weighted by molar-refractivity contribution is -0.129. The highest BCUT2D eigenvalue weighted by Crippen LogP contribution is 2.48. The first-order chi connectivity index (χ1) is 11.3. The third-order valence-corrected chi connectivity index (χ3v) is 5.86. The summed E-state index contributed by atoms with van der Waals surface area (Å²) in [5, 5.41) is 8.74. The molecule has 7 heteroatoms. The second-order valence-electron chi connectivity index (χ2n) is 6.34. The molecule has 1 heterocycles. The van der Waals surface area contributed by atoms with Crippen LogP contribution in [0.5, 0.6) is 0 Å². The minimum atomic E-state index is -1.30. The normalized spacial score (nSPS) is 23.4. The van der Waals surface area contributed by atoms with Crippen LogP contribution in [-0.4, -0.2) is 52.9 Å². The Labute approximate surface area is 143 Å². The van der Waals surface area contributed by atoms with Gasteiger partial charge in [-0.1, -0.05) is 0 Å². The summed E-state index contributed by atoms with van der Waals surface area (Å²) in [6, 6.07) is 2.49. The van der Waals surface area contributed by atoms with Crippen LogP contribution in [0.4, 0.5) is 0 Å². The molecule has 1 fully saturated rings. The summed E-state index contributed by atoms with van der Waals surface area (Å²) in [7, 11) is -1.30. The predicted octanol–water partition coefficient (Wildman–Crippen LogP) is 3.29. The van der Waals surface area contributed by atoms with Gasteiger partial charge in [-0.15, -0.1) is 0 Å². The second kappa shape index (κ2) is 9.54. The first-order valence-electron chi connectivity index (χ1n) is 8.83. The maximum atomic E-state index is 11.7. The molecule has 1 rings (SSSR count). The second-order valence-corrected chi connectivity index (χ2v) is 7.74. The van der Waals surface area contributed by atoms with Crippen LogP contribution in [0.15, 0.2) is 0 Å².